The van der Waals surface area contributed by atoms with E-state index in [1.54, 1.807) is 0 Å². The minimum Gasteiger partial charge on any atom is -0.355 e. The molecule has 0 aliphatic heterocycles. The molecule has 18 heavy (non-hydrogen) atoms. The third-order valence-corrected chi connectivity index (χ3v) is 3.07. The average Bonchev–Trinajstić information content (AvgIpc) is 2.71. The van der Waals surface area contributed by atoms with E-state index in [4.69, 9.17) is 11.6 Å². The highest BCUT2D eigenvalue weighted by Crippen LogP contribution is 2.23. The van der Waals surface area contributed by atoms with Crippen molar-refractivity contribution in [1.82, 2.24) is 9.55 Å². The lowest BCUT2D eigenvalue weighted by Gasteiger charge is -2.10. The van der Waals surface area contributed by atoms with Crippen LogP contribution in [0.15, 0.2) is 30.5 Å². The maximum absolute atomic E-state index is 6.22. The normalized spacial score (nSPS) is 10.6. The van der Waals surface area contributed by atoms with Crippen molar-refractivity contribution in [3.8, 4) is 5.69 Å². The molecule has 0 atom stereocenters. The van der Waals surface area contributed by atoms with Crippen molar-refractivity contribution in [1.29, 1.82) is 0 Å². The summed E-state index contributed by atoms with van der Waals surface area (Å²) in [6, 6.07) is 7.79. The van der Waals surface area contributed by atoms with Crippen LogP contribution >= 0.6 is 11.6 Å². The molecule has 0 spiro atoms. The summed E-state index contributed by atoms with van der Waals surface area (Å²) in [6.07, 6.45) is 4.29. The Balaban J connectivity index is 2.30. The van der Waals surface area contributed by atoms with E-state index in [0.29, 0.717) is 0 Å². The first-order valence-electron chi connectivity index (χ1n) is 6.27. The summed E-state index contributed by atoms with van der Waals surface area (Å²) < 4.78 is 2.01. The quantitative estimate of drug-likeness (QED) is 0.825. The molecule has 0 saturated heterocycles. The number of anilines is 1. The van der Waals surface area contributed by atoms with Gasteiger partial charge in [-0.15, -0.1) is 0 Å². The average molecular weight is 264 g/mol. The van der Waals surface area contributed by atoms with Gasteiger partial charge in [-0.2, -0.15) is 0 Å². The molecule has 0 radical (unpaired) electrons. The second kappa shape index (κ2) is 5.91. The molecular formula is C14H18ClN3. The first-order chi connectivity index (χ1) is 8.72. The Morgan fingerprint density at radius 1 is 1.33 bits per heavy atom. The fraction of sp³-hybridized carbons (Fsp3) is 0.357. The lowest BCUT2D eigenvalue weighted by Crippen LogP contribution is -2.07. The Morgan fingerprint density at radius 3 is 2.83 bits per heavy atom. The van der Waals surface area contributed by atoms with Gasteiger partial charge >= 0.3 is 0 Å². The highest BCUT2D eigenvalue weighted by molar-refractivity contribution is 6.32. The van der Waals surface area contributed by atoms with Crippen molar-refractivity contribution in [2.24, 2.45) is 0 Å². The van der Waals surface area contributed by atoms with Crippen LogP contribution in [0.1, 0.15) is 25.5 Å². The standard InChI is InChI=1S/C14H18ClN3/c1-3-4-9-16-14-17-11(2)10-18(14)13-8-6-5-7-12(13)15/h5-8,10H,3-4,9H2,1-2H3,(H,16,17). The molecule has 96 valence electrons. The summed E-state index contributed by atoms with van der Waals surface area (Å²) in [4.78, 5) is 4.49. The summed E-state index contributed by atoms with van der Waals surface area (Å²) in [5.41, 5.74) is 1.94. The molecule has 2 aromatic rings. The molecule has 0 aliphatic rings. The summed E-state index contributed by atoms with van der Waals surface area (Å²) in [5.74, 6) is 0.856. The van der Waals surface area contributed by atoms with Crippen molar-refractivity contribution in [3.63, 3.8) is 0 Å². The molecule has 0 amide bonds. The smallest absolute Gasteiger partial charge is 0.207 e. The van der Waals surface area contributed by atoms with Crippen LogP contribution < -0.4 is 5.32 Å². The molecule has 0 saturated carbocycles. The lowest BCUT2D eigenvalue weighted by molar-refractivity contribution is 0.823. The van der Waals surface area contributed by atoms with E-state index in [0.717, 1.165) is 35.3 Å². The van der Waals surface area contributed by atoms with E-state index >= 15 is 0 Å². The maximum atomic E-state index is 6.22. The third kappa shape index (κ3) is 2.85. The number of nitrogens with zero attached hydrogens (tertiary/aromatic N) is 2. The second-order valence-electron chi connectivity index (χ2n) is 4.31. The van der Waals surface area contributed by atoms with E-state index in [2.05, 4.69) is 17.2 Å². The van der Waals surface area contributed by atoms with Crippen molar-refractivity contribution < 1.29 is 0 Å². The Labute approximate surface area is 113 Å². The molecule has 4 heteroatoms. The van der Waals surface area contributed by atoms with Crippen LogP contribution in [0.5, 0.6) is 0 Å². The molecule has 0 bridgehead atoms. The first kappa shape index (κ1) is 13.0. The zero-order chi connectivity index (χ0) is 13.0. The van der Waals surface area contributed by atoms with Gasteiger partial charge in [0, 0.05) is 12.7 Å². The van der Waals surface area contributed by atoms with E-state index in [1.165, 1.54) is 6.42 Å². The van der Waals surface area contributed by atoms with Crippen molar-refractivity contribution in [2.45, 2.75) is 26.7 Å². The predicted octanol–water partition coefficient (Wildman–Crippen LogP) is 4.05. The number of hydrogen-bond donors (Lipinski definition) is 1. The zero-order valence-corrected chi connectivity index (χ0v) is 11.5. The number of para-hydroxylation sites is 1. The molecule has 1 aromatic heterocycles. The number of aryl methyl sites for hydroxylation is 1. The second-order valence-corrected chi connectivity index (χ2v) is 4.71. The van der Waals surface area contributed by atoms with Gasteiger partial charge in [0.15, 0.2) is 0 Å². The molecular weight excluding hydrogens is 246 g/mol. The number of aromatic nitrogens is 2. The minimum absolute atomic E-state index is 0.730. The number of imidazole rings is 1. The van der Waals surface area contributed by atoms with Crippen molar-refractivity contribution >= 4 is 17.5 Å². The molecule has 3 nitrogen and oxygen atoms in total. The molecule has 0 fully saturated rings. The van der Waals surface area contributed by atoms with Gasteiger partial charge < -0.3 is 5.32 Å². The molecule has 1 heterocycles. The van der Waals surface area contributed by atoms with E-state index in [9.17, 15) is 0 Å². The van der Waals surface area contributed by atoms with Crippen LogP contribution in [0.3, 0.4) is 0 Å². The molecule has 1 aromatic carbocycles. The highest BCUT2D eigenvalue weighted by Gasteiger charge is 2.09. The lowest BCUT2D eigenvalue weighted by atomic mass is 10.3. The number of benzene rings is 1. The fourth-order valence-electron chi connectivity index (χ4n) is 1.83. The predicted molar refractivity (Wildman–Crippen MR) is 76.7 cm³/mol. The van der Waals surface area contributed by atoms with Crippen LogP contribution in [0, 0.1) is 6.92 Å². The Kier molecular flexibility index (Phi) is 4.26. The molecule has 0 unspecified atom stereocenters. The minimum atomic E-state index is 0.730. The number of unbranched alkanes of at least 4 members (excludes halogenated alkanes) is 1. The van der Waals surface area contributed by atoms with E-state index in [-0.39, 0.29) is 0 Å². The fourth-order valence-corrected chi connectivity index (χ4v) is 2.06. The Morgan fingerprint density at radius 2 is 2.11 bits per heavy atom. The largest absolute Gasteiger partial charge is 0.355 e. The van der Waals surface area contributed by atoms with Gasteiger partial charge in [0.2, 0.25) is 5.95 Å². The van der Waals surface area contributed by atoms with Crippen LogP contribution in [-0.4, -0.2) is 16.1 Å². The Bertz CT molecular complexity index is 520. The highest BCUT2D eigenvalue weighted by atomic mass is 35.5. The third-order valence-electron chi connectivity index (χ3n) is 2.75. The number of hydrogen-bond acceptors (Lipinski definition) is 2. The molecule has 2 rings (SSSR count). The summed E-state index contributed by atoms with van der Waals surface area (Å²) in [6.45, 7) is 5.09. The maximum Gasteiger partial charge on any atom is 0.207 e. The van der Waals surface area contributed by atoms with Crippen LogP contribution in [-0.2, 0) is 0 Å². The van der Waals surface area contributed by atoms with Gasteiger partial charge in [0.05, 0.1) is 16.4 Å². The molecule has 0 aliphatic carbocycles. The van der Waals surface area contributed by atoms with Crippen LogP contribution in [0.4, 0.5) is 5.95 Å². The van der Waals surface area contributed by atoms with Crippen molar-refractivity contribution in [3.05, 3.63) is 41.2 Å². The summed E-state index contributed by atoms with van der Waals surface area (Å²) in [7, 11) is 0. The summed E-state index contributed by atoms with van der Waals surface area (Å²) >= 11 is 6.22. The SMILES string of the molecule is CCCCNc1nc(C)cn1-c1ccccc1Cl. The van der Waals surface area contributed by atoms with Crippen LogP contribution in [0.25, 0.3) is 5.69 Å². The van der Waals surface area contributed by atoms with Gasteiger partial charge in [-0.3, -0.25) is 4.57 Å². The topological polar surface area (TPSA) is 29.9 Å². The number of halogens is 1. The van der Waals surface area contributed by atoms with Gasteiger partial charge in [-0.05, 0) is 25.5 Å². The van der Waals surface area contributed by atoms with Gasteiger partial charge in [0.1, 0.15) is 0 Å². The monoisotopic (exact) mass is 263 g/mol. The van der Waals surface area contributed by atoms with E-state index < -0.39 is 0 Å². The van der Waals surface area contributed by atoms with Crippen molar-refractivity contribution in [2.75, 3.05) is 11.9 Å². The van der Waals surface area contributed by atoms with Gasteiger partial charge in [0.25, 0.3) is 0 Å². The van der Waals surface area contributed by atoms with Gasteiger partial charge in [-0.1, -0.05) is 37.1 Å². The zero-order valence-electron chi connectivity index (χ0n) is 10.8. The number of nitrogens with one attached hydrogen (secondary N) is 1. The number of rotatable bonds is 5. The Hall–Kier alpha value is -1.48. The van der Waals surface area contributed by atoms with E-state index in [1.807, 2.05) is 42.0 Å². The molecule has 1 N–H and O–H groups in total. The first-order valence-corrected chi connectivity index (χ1v) is 6.65. The summed E-state index contributed by atoms with van der Waals surface area (Å²) in [5, 5.41) is 4.08. The van der Waals surface area contributed by atoms with Gasteiger partial charge in [-0.25, -0.2) is 4.98 Å². The van der Waals surface area contributed by atoms with Crippen LogP contribution in [0.2, 0.25) is 5.02 Å².